The minimum Gasteiger partial charge on any atom is -0.462 e. The Morgan fingerprint density at radius 3 is 1.77 bits per heavy atom. The van der Waals surface area contributed by atoms with Crippen LogP contribution < -0.4 is 10.4 Å². The summed E-state index contributed by atoms with van der Waals surface area (Å²) in [4.78, 5) is 35.3. The minimum atomic E-state index is -0.745. The predicted molar refractivity (Wildman–Crippen MR) is 172 cm³/mol. The lowest BCUT2D eigenvalue weighted by Crippen LogP contribution is -2.26. The van der Waals surface area contributed by atoms with Crippen molar-refractivity contribution in [3.63, 3.8) is 0 Å². The number of carbonyl (C=O) groups is 2. The molecular weight excluding hydrogens is 540 g/mol. The lowest BCUT2D eigenvalue weighted by molar-refractivity contribution is -0.138. The summed E-state index contributed by atoms with van der Waals surface area (Å²) >= 11 is 0. The number of carbonyl (C=O) groups excluding carboxylic acids is 2. The molecule has 3 aromatic rings. The molecule has 0 saturated carbocycles. The van der Waals surface area contributed by atoms with Crippen molar-refractivity contribution in [2.75, 3.05) is 13.2 Å². The van der Waals surface area contributed by atoms with Crippen molar-refractivity contribution < 1.29 is 19.1 Å². The van der Waals surface area contributed by atoms with Crippen LogP contribution in [0.25, 0.3) is 33.0 Å². The lowest BCUT2D eigenvalue weighted by Gasteiger charge is -2.14. The Bertz CT molecular complexity index is 1500. The van der Waals surface area contributed by atoms with Crippen molar-refractivity contribution in [1.82, 2.24) is 9.97 Å². The second-order valence-corrected chi connectivity index (χ2v) is 9.73. The minimum absolute atomic E-state index is 0. The highest BCUT2D eigenvalue weighted by Gasteiger charge is 2.22. The zero-order valence-electron chi connectivity index (χ0n) is 25.5. The summed E-state index contributed by atoms with van der Waals surface area (Å²) in [6.45, 7) is 10.7. The molecule has 0 fully saturated rings. The number of rotatable bonds is 13. The fraction of sp³-hybridized carbons (Fsp3) is 0.486. The van der Waals surface area contributed by atoms with Crippen LogP contribution in [0.4, 0.5) is 0 Å². The zero-order valence-corrected chi connectivity index (χ0v) is 25.5. The van der Waals surface area contributed by atoms with Gasteiger partial charge in [-0.15, -0.1) is 0 Å². The Balaban J connectivity index is 0.00000302. The number of pyridine rings is 2. The molecular formula is C35H46N4O4. The molecule has 8 nitrogen and oxygen atoms in total. The first-order chi connectivity index (χ1) is 20.5. The van der Waals surface area contributed by atoms with Gasteiger partial charge in [0.1, 0.15) is 23.3 Å². The van der Waals surface area contributed by atoms with Gasteiger partial charge in [-0.2, -0.15) is 10.5 Å². The standard InChI is InChI=1S/C32H36N4O4.C2H6.CH4/c1-4-7-9-10-18-39-31(37)25(19-33)27-23-14-11-17-36-30(23)28(24-15-12-16-35-29(24)27)26(20-34)32(38)40-21-22(6-3)13-8-5-2;1-2;/h11-12,14-17,22H,4-10,13,18,21H2,1-3H3;1-2H3;1H4/b27-25+,28-26+;;. The van der Waals surface area contributed by atoms with Gasteiger partial charge in [0.05, 0.1) is 24.2 Å². The molecule has 2 aromatic heterocycles. The number of hydrogen-bond acceptors (Lipinski definition) is 8. The van der Waals surface area contributed by atoms with Gasteiger partial charge < -0.3 is 9.47 Å². The number of ether oxygens (including phenoxy) is 2. The average molecular weight is 587 g/mol. The summed E-state index contributed by atoms with van der Waals surface area (Å²) in [5.41, 5.74) is 0.197. The van der Waals surface area contributed by atoms with E-state index in [1.807, 2.05) is 26.0 Å². The van der Waals surface area contributed by atoms with E-state index < -0.39 is 11.9 Å². The molecule has 1 atom stereocenters. The van der Waals surface area contributed by atoms with Crippen LogP contribution in [-0.4, -0.2) is 35.1 Å². The smallest absolute Gasteiger partial charge is 0.349 e. The number of aromatic nitrogens is 2. The second kappa shape index (κ2) is 19.8. The molecule has 230 valence electrons. The van der Waals surface area contributed by atoms with Gasteiger partial charge in [0.2, 0.25) is 0 Å². The highest BCUT2D eigenvalue weighted by atomic mass is 16.5. The molecule has 3 rings (SSSR count). The highest BCUT2D eigenvalue weighted by molar-refractivity contribution is 6.21. The molecule has 43 heavy (non-hydrogen) atoms. The molecule has 0 aliphatic rings. The maximum absolute atomic E-state index is 13.3. The zero-order chi connectivity index (χ0) is 30.9. The molecule has 0 aliphatic carbocycles. The number of fused-ring (bicyclic) bond motifs is 2. The first-order valence-corrected chi connectivity index (χ1v) is 15.1. The third-order valence-corrected chi connectivity index (χ3v) is 6.98. The second-order valence-electron chi connectivity index (χ2n) is 9.73. The van der Waals surface area contributed by atoms with E-state index in [4.69, 9.17) is 9.47 Å². The largest absolute Gasteiger partial charge is 0.462 e. The summed E-state index contributed by atoms with van der Waals surface area (Å²) in [6, 6.07) is 10.8. The maximum Gasteiger partial charge on any atom is 0.349 e. The van der Waals surface area contributed by atoms with E-state index in [1.165, 1.54) is 12.4 Å². The molecule has 0 radical (unpaired) electrons. The van der Waals surface area contributed by atoms with Crippen LogP contribution in [0.3, 0.4) is 0 Å². The van der Waals surface area contributed by atoms with Crippen LogP contribution in [0.1, 0.15) is 93.4 Å². The molecule has 1 unspecified atom stereocenters. The van der Waals surface area contributed by atoms with Crippen molar-refractivity contribution in [1.29, 1.82) is 10.5 Å². The van der Waals surface area contributed by atoms with E-state index >= 15 is 0 Å². The Hall–Kier alpha value is -4.30. The monoisotopic (exact) mass is 586 g/mol. The normalized spacial score (nSPS) is 12.4. The quantitative estimate of drug-likeness (QED) is 0.123. The lowest BCUT2D eigenvalue weighted by atomic mass is 9.98. The Morgan fingerprint density at radius 2 is 1.30 bits per heavy atom. The van der Waals surface area contributed by atoms with E-state index in [1.54, 1.807) is 24.3 Å². The Morgan fingerprint density at radius 1 is 0.791 bits per heavy atom. The number of nitriles is 2. The fourth-order valence-electron chi connectivity index (χ4n) is 4.71. The van der Waals surface area contributed by atoms with Gasteiger partial charge in [0.15, 0.2) is 0 Å². The van der Waals surface area contributed by atoms with Gasteiger partial charge in [-0.05, 0) is 30.9 Å². The molecule has 0 saturated heterocycles. The van der Waals surface area contributed by atoms with E-state index in [-0.39, 0.29) is 48.1 Å². The van der Waals surface area contributed by atoms with Crippen LogP contribution in [0.2, 0.25) is 0 Å². The van der Waals surface area contributed by atoms with Gasteiger partial charge in [0, 0.05) is 33.6 Å². The van der Waals surface area contributed by atoms with Crippen LogP contribution in [0.15, 0.2) is 36.7 Å². The van der Waals surface area contributed by atoms with E-state index in [0.29, 0.717) is 28.2 Å². The van der Waals surface area contributed by atoms with Crippen molar-refractivity contribution in [2.24, 2.45) is 5.92 Å². The fourth-order valence-corrected chi connectivity index (χ4v) is 4.71. The molecule has 0 N–H and O–H groups in total. The van der Waals surface area contributed by atoms with Crippen LogP contribution in [0.5, 0.6) is 0 Å². The Labute approximate surface area is 256 Å². The van der Waals surface area contributed by atoms with Gasteiger partial charge in [0.25, 0.3) is 0 Å². The summed E-state index contributed by atoms with van der Waals surface area (Å²) in [6.07, 6.45) is 10.7. The van der Waals surface area contributed by atoms with Crippen LogP contribution in [-0.2, 0) is 19.1 Å². The Kier molecular flexibility index (Phi) is 16.9. The van der Waals surface area contributed by atoms with Crippen molar-refractivity contribution in [3.05, 3.63) is 47.1 Å². The van der Waals surface area contributed by atoms with Crippen molar-refractivity contribution in [2.45, 2.75) is 93.4 Å². The number of nitrogens with zero attached hydrogens (tertiary/aromatic N) is 4. The topological polar surface area (TPSA) is 126 Å². The van der Waals surface area contributed by atoms with Gasteiger partial charge >= 0.3 is 11.9 Å². The number of hydrogen-bond donors (Lipinski definition) is 0. The van der Waals surface area contributed by atoms with E-state index in [9.17, 15) is 20.1 Å². The predicted octanol–water partition coefficient (Wildman–Crippen LogP) is 6.68. The maximum atomic E-state index is 13.3. The number of esters is 2. The SMILES string of the molecule is C.CC.CCCCCCOC(=O)/C(C#N)=c1\c2cccnc2/c(=C(\C#N)C(=O)OCC(CC)CCCC)c2cccnc12. The van der Waals surface area contributed by atoms with E-state index in [2.05, 4.69) is 30.7 Å². The number of benzene rings is 1. The molecule has 0 bridgehead atoms. The summed E-state index contributed by atoms with van der Waals surface area (Å²) in [7, 11) is 0. The van der Waals surface area contributed by atoms with Gasteiger partial charge in [-0.25, -0.2) is 9.59 Å². The van der Waals surface area contributed by atoms with Crippen molar-refractivity contribution in [3.8, 4) is 12.1 Å². The number of unbranched alkanes of at least 4 members (excludes halogenated alkanes) is 4. The molecule has 1 aromatic carbocycles. The molecule has 0 aliphatic heterocycles. The van der Waals surface area contributed by atoms with Crippen LogP contribution in [0, 0.1) is 28.6 Å². The highest BCUT2D eigenvalue weighted by Crippen LogP contribution is 2.17. The van der Waals surface area contributed by atoms with Gasteiger partial charge in [-0.1, -0.05) is 92.7 Å². The van der Waals surface area contributed by atoms with Crippen LogP contribution >= 0.6 is 0 Å². The van der Waals surface area contributed by atoms with E-state index in [0.717, 1.165) is 44.9 Å². The first-order valence-electron chi connectivity index (χ1n) is 15.1. The molecule has 0 spiro atoms. The molecule has 2 heterocycles. The first kappa shape index (κ1) is 36.7. The molecule has 8 heteroatoms. The van der Waals surface area contributed by atoms with Gasteiger partial charge in [-0.3, -0.25) is 9.97 Å². The summed E-state index contributed by atoms with van der Waals surface area (Å²) in [5.74, 6) is -1.27. The van der Waals surface area contributed by atoms with Crippen molar-refractivity contribution >= 4 is 44.9 Å². The third kappa shape index (κ3) is 9.35. The molecule has 0 amide bonds. The third-order valence-electron chi connectivity index (χ3n) is 6.98. The average Bonchev–Trinajstić information content (AvgIpc) is 3.03. The summed E-state index contributed by atoms with van der Waals surface area (Å²) in [5, 5.41) is 21.6. The summed E-state index contributed by atoms with van der Waals surface area (Å²) < 4.78 is 11.1.